The Morgan fingerprint density at radius 1 is 1.42 bits per heavy atom. The molecule has 0 N–H and O–H groups in total. The van der Waals surface area contributed by atoms with Crippen molar-refractivity contribution in [2.45, 2.75) is 13.0 Å². The van der Waals surface area contributed by atoms with Gasteiger partial charge < -0.3 is 0 Å². The highest BCUT2D eigenvalue weighted by Gasteiger charge is 2.11. The van der Waals surface area contributed by atoms with Crippen LogP contribution in [0.3, 0.4) is 0 Å². The summed E-state index contributed by atoms with van der Waals surface area (Å²) in [6.07, 6.45) is -2.31. The average molecular weight is 347 g/mol. The molecule has 0 aliphatic carbocycles. The van der Waals surface area contributed by atoms with Crippen LogP contribution in [0.25, 0.3) is 10.6 Å². The van der Waals surface area contributed by atoms with Crippen molar-refractivity contribution in [3.63, 3.8) is 0 Å². The summed E-state index contributed by atoms with van der Waals surface area (Å²) in [6.45, 7) is 0.207. The van der Waals surface area contributed by atoms with Crippen LogP contribution in [0.15, 0.2) is 34.1 Å². The molecule has 0 saturated carbocycles. The zero-order valence-electron chi connectivity index (χ0n) is 10.3. The van der Waals surface area contributed by atoms with Crippen molar-refractivity contribution in [3.05, 3.63) is 39.8 Å². The van der Waals surface area contributed by atoms with Crippen LogP contribution in [0, 0.1) is 0 Å². The van der Waals surface area contributed by atoms with Gasteiger partial charge in [0.1, 0.15) is 5.01 Å². The molecule has 1 aromatic heterocycles. The Morgan fingerprint density at radius 2 is 2.21 bits per heavy atom. The molecule has 0 aliphatic rings. The highest BCUT2D eigenvalue weighted by molar-refractivity contribution is 9.10. The topological polar surface area (TPSA) is 16.1 Å². The first kappa shape index (κ1) is 14.6. The van der Waals surface area contributed by atoms with E-state index in [1.165, 1.54) is 11.3 Å². The standard InChI is InChI=1S/C13H13BrF2N2S/c1-18(7-12(15)16)6-11-8-19-13(17-11)9-3-2-4-10(14)5-9/h2-5,8,12H,6-7H2,1H3. The summed E-state index contributed by atoms with van der Waals surface area (Å²) in [4.78, 5) is 6.05. The molecule has 0 bridgehead atoms. The van der Waals surface area contributed by atoms with Crippen LogP contribution in [0.4, 0.5) is 8.78 Å². The molecule has 102 valence electrons. The first-order valence-corrected chi connectivity index (χ1v) is 7.39. The smallest absolute Gasteiger partial charge is 0.251 e. The van der Waals surface area contributed by atoms with Gasteiger partial charge in [0.25, 0.3) is 6.43 Å². The first-order valence-electron chi connectivity index (χ1n) is 5.71. The Morgan fingerprint density at radius 3 is 2.89 bits per heavy atom. The average Bonchev–Trinajstić information content (AvgIpc) is 2.76. The highest BCUT2D eigenvalue weighted by Crippen LogP contribution is 2.26. The van der Waals surface area contributed by atoms with Crippen molar-refractivity contribution in [1.29, 1.82) is 0 Å². The van der Waals surface area contributed by atoms with Gasteiger partial charge in [-0.2, -0.15) is 0 Å². The summed E-state index contributed by atoms with van der Waals surface area (Å²) in [7, 11) is 1.67. The Hall–Kier alpha value is -0.850. The van der Waals surface area contributed by atoms with E-state index in [9.17, 15) is 8.78 Å². The first-order chi connectivity index (χ1) is 9.04. The second-order valence-electron chi connectivity index (χ2n) is 4.24. The predicted molar refractivity (Wildman–Crippen MR) is 77.6 cm³/mol. The molecule has 19 heavy (non-hydrogen) atoms. The van der Waals surface area contributed by atoms with E-state index >= 15 is 0 Å². The summed E-state index contributed by atoms with van der Waals surface area (Å²) < 4.78 is 25.5. The summed E-state index contributed by atoms with van der Waals surface area (Å²) in [6, 6.07) is 7.87. The minimum atomic E-state index is -2.31. The van der Waals surface area contributed by atoms with Gasteiger partial charge in [-0.1, -0.05) is 28.1 Å². The maximum absolute atomic E-state index is 12.2. The molecule has 2 aromatic rings. The van der Waals surface area contributed by atoms with Gasteiger partial charge in [0.05, 0.1) is 12.2 Å². The number of rotatable bonds is 5. The van der Waals surface area contributed by atoms with Crippen molar-refractivity contribution in [1.82, 2.24) is 9.88 Å². The lowest BCUT2D eigenvalue weighted by Crippen LogP contribution is -2.24. The van der Waals surface area contributed by atoms with E-state index in [0.717, 1.165) is 20.7 Å². The van der Waals surface area contributed by atoms with E-state index in [-0.39, 0.29) is 6.54 Å². The molecule has 2 nitrogen and oxygen atoms in total. The molecular formula is C13H13BrF2N2S. The summed E-state index contributed by atoms with van der Waals surface area (Å²) in [5.41, 5.74) is 1.85. The molecule has 0 unspecified atom stereocenters. The molecule has 0 aliphatic heterocycles. The number of aromatic nitrogens is 1. The van der Waals surface area contributed by atoms with Gasteiger partial charge in [0.15, 0.2) is 0 Å². The van der Waals surface area contributed by atoms with Gasteiger partial charge >= 0.3 is 0 Å². The second kappa shape index (κ2) is 6.54. The Labute approximate surface area is 123 Å². The van der Waals surface area contributed by atoms with Crippen molar-refractivity contribution in [2.24, 2.45) is 0 Å². The van der Waals surface area contributed by atoms with E-state index in [2.05, 4.69) is 20.9 Å². The fourth-order valence-corrected chi connectivity index (χ4v) is 2.92. The third-order valence-corrected chi connectivity index (χ3v) is 3.94. The fourth-order valence-electron chi connectivity index (χ4n) is 1.71. The minimum Gasteiger partial charge on any atom is -0.295 e. The van der Waals surface area contributed by atoms with Crippen LogP contribution in [-0.4, -0.2) is 29.9 Å². The molecule has 1 heterocycles. The van der Waals surface area contributed by atoms with Crippen LogP contribution in [-0.2, 0) is 6.54 Å². The lowest BCUT2D eigenvalue weighted by molar-refractivity contribution is 0.0971. The van der Waals surface area contributed by atoms with Gasteiger partial charge in [-0.25, -0.2) is 13.8 Å². The molecule has 0 saturated heterocycles. The van der Waals surface area contributed by atoms with E-state index in [4.69, 9.17) is 0 Å². The Balaban J connectivity index is 2.07. The maximum Gasteiger partial charge on any atom is 0.251 e. The molecule has 0 radical (unpaired) electrons. The van der Waals surface area contributed by atoms with Crippen molar-refractivity contribution < 1.29 is 8.78 Å². The van der Waals surface area contributed by atoms with Crippen molar-refractivity contribution in [2.75, 3.05) is 13.6 Å². The SMILES string of the molecule is CN(Cc1csc(-c2cccc(Br)c2)n1)CC(F)F. The molecule has 2 rings (SSSR count). The lowest BCUT2D eigenvalue weighted by atomic mass is 10.2. The van der Waals surface area contributed by atoms with Gasteiger partial charge in [-0.3, -0.25) is 4.90 Å². The number of benzene rings is 1. The monoisotopic (exact) mass is 346 g/mol. The summed E-state index contributed by atoms with van der Waals surface area (Å²) >= 11 is 4.95. The number of alkyl halides is 2. The zero-order valence-corrected chi connectivity index (χ0v) is 12.7. The molecule has 0 atom stereocenters. The Bertz CT molecular complexity index is 545. The highest BCUT2D eigenvalue weighted by atomic mass is 79.9. The molecule has 1 aromatic carbocycles. The van der Waals surface area contributed by atoms with Crippen LogP contribution >= 0.6 is 27.3 Å². The number of hydrogen-bond donors (Lipinski definition) is 0. The van der Waals surface area contributed by atoms with E-state index in [1.54, 1.807) is 11.9 Å². The van der Waals surface area contributed by atoms with E-state index in [1.807, 2.05) is 29.6 Å². The molecule has 0 spiro atoms. The molecule has 0 amide bonds. The number of nitrogens with zero attached hydrogens (tertiary/aromatic N) is 2. The normalized spacial score (nSPS) is 11.5. The van der Waals surface area contributed by atoms with Gasteiger partial charge in [-0.05, 0) is 19.2 Å². The van der Waals surface area contributed by atoms with Crippen molar-refractivity contribution >= 4 is 27.3 Å². The fraction of sp³-hybridized carbons (Fsp3) is 0.308. The largest absolute Gasteiger partial charge is 0.295 e. The van der Waals surface area contributed by atoms with Crippen LogP contribution < -0.4 is 0 Å². The Kier molecular flexibility index (Phi) is 5.01. The summed E-state index contributed by atoms with van der Waals surface area (Å²) in [5, 5.41) is 2.82. The quantitative estimate of drug-likeness (QED) is 0.803. The van der Waals surface area contributed by atoms with Crippen molar-refractivity contribution in [3.8, 4) is 10.6 Å². The number of halogens is 3. The van der Waals surface area contributed by atoms with Crippen LogP contribution in [0.2, 0.25) is 0 Å². The number of thiazole rings is 1. The lowest BCUT2D eigenvalue weighted by Gasteiger charge is -2.13. The third-order valence-electron chi connectivity index (χ3n) is 2.50. The van der Waals surface area contributed by atoms with E-state index in [0.29, 0.717) is 6.54 Å². The van der Waals surface area contributed by atoms with Crippen LogP contribution in [0.5, 0.6) is 0 Å². The number of hydrogen-bond acceptors (Lipinski definition) is 3. The molecule has 6 heteroatoms. The second-order valence-corrected chi connectivity index (χ2v) is 6.02. The van der Waals surface area contributed by atoms with Gasteiger partial charge in [0.2, 0.25) is 0 Å². The van der Waals surface area contributed by atoms with E-state index < -0.39 is 6.43 Å². The maximum atomic E-state index is 12.2. The minimum absolute atomic E-state index is 0.232. The van der Waals surface area contributed by atoms with Gasteiger partial charge in [-0.15, -0.1) is 11.3 Å². The predicted octanol–water partition coefficient (Wildman–Crippen LogP) is 4.27. The zero-order chi connectivity index (χ0) is 13.8. The molecular weight excluding hydrogens is 334 g/mol. The third kappa shape index (κ3) is 4.33. The van der Waals surface area contributed by atoms with Gasteiger partial charge in [0, 0.05) is 22.0 Å². The van der Waals surface area contributed by atoms with Crippen LogP contribution in [0.1, 0.15) is 5.69 Å². The summed E-state index contributed by atoms with van der Waals surface area (Å²) in [5.74, 6) is 0. The molecule has 0 fully saturated rings.